The lowest BCUT2D eigenvalue weighted by atomic mass is 10.0. The van der Waals surface area contributed by atoms with E-state index >= 15 is 0 Å². The van der Waals surface area contributed by atoms with Gasteiger partial charge in [0.2, 0.25) is 5.76 Å². The standard InChI is InChI=1S/C13H21NO3S/c1-4-13(5-2,18-3)9-14-8-10-6-7-11(17-10)12(15)16/h6-7,14H,4-5,8-9H2,1-3H3,(H,15,16). The zero-order chi connectivity index (χ0) is 13.6. The maximum absolute atomic E-state index is 10.7. The van der Waals surface area contributed by atoms with Crippen LogP contribution in [-0.4, -0.2) is 28.6 Å². The van der Waals surface area contributed by atoms with Crippen LogP contribution in [0.15, 0.2) is 16.5 Å². The first-order valence-corrected chi connectivity index (χ1v) is 7.37. The third-order valence-corrected chi connectivity index (χ3v) is 4.93. The molecule has 1 aromatic rings. The lowest BCUT2D eigenvalue weighted by molar-refractivity contribution is 0.0660. The van der Waals surface area contributed by atoms with Crippen LogP contribution in [0.1, 0.15) is 43.0 Å². The molecule has 0 saturated carbocycles. The van der Waals surface area contributed by atoms with E-state index in [0.717, 1.165) is 19.4 Å². The SMILES string of the molecule is CCC(CC)(CNCc1ccc(C(=O)O)o1)SC. The number of carbonyl (C=O) groups is 1. The minimum Gasteiger partial charge on any atom is -0.475 e. The second kappa shape index (κ2) is 6.85. The van der Waals surface area contributed by atoms with Gasteiger partial charge in [0.25, 0.3) is 0 Å². The van der Waals surface area contributed by atoms with E-state index in [1.807, 2.05) is 11.8 Å². The molecule has 0 aliphatic rings. The number of carboxylic acid groups (broad SMARTS) is 1. The highest BCUT2D eigenvalue weighted by atomic mass is 32.2. The molecule has 1 aromatic heterocycles. The van der Waals surface area contributed by atoms with Crippen LogP contribution in [0.3, 0.4) is 0 Å². The average molecular weight is 271 g/mol. The van der Waals surface area contributed by atoms with Gasteiger partial charge in [0, 0.05) is 11.3 Å². The molecule has 1 rings (SSSR count). The van der Waals surface area contributed by atoms with Crippen LogP contribution in [0, 0.1) is 0 Å². The summed E-state index contributed by atoms with van der Waals surface area (Å²) in [5.74, 6) is -0.370. The van der Waals surface area contributed by atoms with E-state index in [-0.39, 0.29) is 10.5 Å². The van der Waals surface area contributed by atoms with Gasteiger partial charge in [0.1, 0.15) is 5.76 Å². The molecule has 0 amide bonds. The van der Waals surface area contributed by atoms with Gasteiger partial charge in [0.05, 0.1) is 6.54 Å². The fourth-order valence-electron chi connectivity index (χ4n) is 1.86. The van der Waals surface area contributed by atoms with Gasteiger partial charge in [-0.3, -0.25) is 0 Å². The van der Waals surface area contributed by atoms with Crippen LogP contribution in [0.2, 0.25) is 0 Å². The maximum atomic E-state index is 10.7. The van der Waals surface area contributed by atoms with Crippen molar-refractivity contribution in [3.63, 3.8) is 0 Å². The Bertz CT molecular complexity index is 377. The van der Waals surface area contributed by atoms with Gasteiger partial charge in [-0.2, -0.15) is 11.8 Å². The number of hydrogen-bond donors (Lipinski definition) is 2. The fraction of sp³-hybridized carbons (Fsp3) is 0.615. The van der Waals surface area contributed by atoms with E-state index in [2.05, 4.69) is 25.4 Å². The summed E-state index contributed by atoms with van der Waals surface area (Å²) in [5, 5.41) is 12.1. The molecule has 0 radical (unpaired) electrons. The number of carboxylic acids is 1. The summed E-state index contributed by atoms with van der Waals surface area (Å²) in [4.78, 5) is 10.7. The Kier molecular flexibility index (Phi) is 5.75. The third kappa shape index (κ3) is 3.78. The number of nitrogens with one attached hydrogen (secondary N) is 1. The molecule has 0 aliphatic heterocycles. The van der Waals surface area contributed by atoms with Gasteiger partial charge in [-0.05, 0) is 31.2 Å². The van der Waals surface area contributed by atoms with E-state index in [1.165, 1.54) is 6.07 Å². The molecule has 2 N–H and O–H groups in total. The molecule has 4 nitrogen and oxygen atoms in total. The smallest absolute Gasteiger partial charge is 0.371 e. The van der Waals surface area contributed by atoms with Gasteiger partial charge in [-0.25, -0.2) is 4.79 Å². The minimum atomic E-state index is -1.03. The van der Waals surface area contributed by atoms with Crippen molar-refractivity contribution in [2.75, 3.05) is 12.8 Å². The first-order chi connectivity index (χ1) is 8.56. The minimum absolute atomic E-state index is 0.00564. The number of hydrogen-bond acceptors (Lipinski definition) is 4. The fourth-order valence-corrected chi connectivity index (χ4v) is 2.69. The molecule has 0 fully saturated rings. The van der Waals surface area contributed by atoms with Gasteiger partial charge in [-0.15, -0.1) is 0 Å². The van der Waals surface area contributed by atoms with Crippen molar-refractivity contribution in [2.45, 2.75) is 38.0 Å². The topological polar surface area (TPSA) is 62.5 Å². The highest BCUT2D eigenvalue weighted by molar-refractivity contribution is 8.00. The highest BCUT2D eigenvalue weighted by Gasteiger charge is 2.24. The van der Waals surface area contributed by atoms with Gasteiger partial charge >= 0.3 is 5.97 Å². The second-order valence-corrected chi connectivity index (χ2v) is 5.54. The summed E-state index contributed by atoms with van der Waals surface area (Å²) in [5.41, 5.74) is 0. The van der Waals surface area contributed by atoms with Crippen molar-refractivity contribution in [3.05, 3.63) is 23.7 Å². The number of rotatable bonds is 8. The lowest BCUT2D eigenvalue weighted by Gasteiger charge is -2.29. The second-order valence-electron chi connectivity index (χ2n) is 4.27. The molecule has 0 saturated heterocycles. The molecule has 0 aliphatic carbocycles. The lowest BCUT2D eigenvalue weighted by Crippen LogP contribution is -2.36. The summed E-state index contributed by atoms with van der Waals surface area (Å²) in [7, 11) is 0. The van der Waals surface area contributed by atoms with Crippen molar-refractivity contribution >= 4 is 17.7 Å². The van der Waals surface area contributed by atoms with Crippen LogP contribution >= 0.6 is 11.8 Å². The largest absolute Gasteiger partial charge is 0.475 e. The average Bonchev–Trinajstić information content (AvgIpc) is 2.84. The Labute approximate surface area is 112 Å². The third-order valence-electron chi connectivity index (χ3n) is 3.34. The molecule has 1 heterocycles. The summed E-state index contributed by atoms with van der Waals surface area (Å²) in [6, 6.07) is 3.19. The van der Waals surface area contributed by atoms with Crippen LogP contribution in [-0.2, 0) is 6.54 Å². The highest BCUT2D eigenvalue weighted by Crippen LogP contribution is 2.29. The van der Waals surface area contributed by atoms with Crippen molar-refractivity contribution in [2.24, 2.45) is 0 Å². The first kappa shape index (κ1) is 15.1. The summed E-state index contributed by atoms with van der Waals surface area (Å²) in [6.07, 6.45) is 4.34. The van der Waals surface area contributed by atoms with E-state index < -0.39 is 5.97 Å². The van der Waals surface area contributed by atoms with Crippen LogP contribution in [0.4, 0.5) is 0 Å². The number of furan rings is 1. The monoisotopic (exact) mass is 271 g/mol. The van der Waals surface area contributed by atoms with Gasteiger partial charge < -0.3 is 14.8 Å². The molecule has 0 aromatic carbocycles. The Morgan fingerprint density at radius 3 is 2.56 bits per heavy atom. The predicted molar refractivity (Wildman–Crippen MR) is 74.2 cm³/mol. The van der Waals surface area contributed by atoms with Gasteiger partial charge in [-0.1, -0.05) is 13.8 Å². The van der Waals surface area contributed by atoms with E-state index in [4.69, 9.17) is 9.52 Å². The van der Waals surface area contributed by atoms with Crippen molar-refractivity contribution in [3.8, 4) is 0 Å². The first-order valence-electron chi connectivity index (χ1n) is 6.14. The van der Waals surface area contributed by atoms with Crippen LogP contribution < -0.4 is 5.32 Å². The summed E-state index contributed by atoms with van der Waals surface area (Å²) in [6.45, 7) is 5.84. The quantitative estimate of drug-likeness (QED) is 0.761. The molecule has 102 valence electrons. The molecule has 0 atom stereocenters. The van der Waals surface area contributed by atoms with Crippen molar-refractivity contribution in [1.29, 1.82) is 0 Å². The Balaban J connectivity index is 2.47. The Morgan fingerprint density at radius 1 is 1.44 bits per heavy atom. The zero-order valence-electron chi connectivity index (χ0n) is 11.2. The molecule has 0 bridgehead atoms. The molecule has 0 spiro atoms. The van der Waals surface area contributed by atoms with E-state index in [0.29, 0.717) is 12.3 Å². The summed E-state index contributed by atoms with van der Waals surface area (Å²) < 4.78 is 5.44. The molecular weight excluding hydrogens is 250 g/mol. The maximum Gasteiger partial charge on any atom is 0.371 e. The molecule has 5 heteroatoms. The van der Waals surface area contributed by atoms with Crippen molar-refractivity contribution in [1.82, 2.24) is 5.32 Å². The van der Waals surface area contributed by atoms with E-state index in [1.54, 1.807) is 6.07 Å². The van der Waals surface area contributed by atoms with E-state index in [9.17, 15) is 4.79 Å². The predicted octanol–water partition coefficient (Wildman–Crippen LogP) is 2.99. The Hall–Kier alpha value is -0.940. The number of aromatic carboxylic acids is 1. The number of thioether (sulfide) groups is 1. The molecular formula is C13H21NO3S. The Morgan fingerprint density at radius 2 is 2.11 bits per heavy atom. The molecule has 0 unspecified atom stereocenters. The van der Waals surface area contributed by atoms with Gasteiger partial charge in [0.15, 0.2) is 0 Å². The molecule has 18 heavy (non-hydrogen) atoms. The normalized spacial score (nSPS) is 11.7. The zero-order valence-corrected chi connectivity index (χ0v) is 12.0. The van der Waals surface area contributed by atoms with Crippen LogP contribution in [0.25, 0.3) is 0 Å². The van der Waals surface area contributed by atoms with Crippen LogP contribution in [0.5, 0.6) is 0 Å². The van der Waals surface area contributed by atoms with Crippen molar-refractivity contribution < 1.29 is 14.3 Å². The summed E-state index contributed by atoms with van der Waals surface area (Å²) >= 11 is 1.88.